The van der Waals surface area contributed by atoms with E-state index in [4.69, 9.17) is 0 Å². The van der Waals surface area contributed by atoms with Crippen molar-refractivity contribution in [2.75, 3.05) is 6.54 Å². The fourth-order valence-electron chi connectivity index (χ4n) is 4.06. The molecule has 18 heavy (non-hydrogen) atoms. The van der Waals surface area contributed by atoms with E-state index in [1.54, 1.807) is 0 Å². The summed E-state index contributed by atoms with van der Waals surface area (Å²) in [5.74, 6) is 2.00. The second kappa shape index (κ2) is 4.09. The molecule has 0 heterocycles. The second-order valence-corrected chi connectivity index (χ2v) is 7.34. The summed E-state index contributed by atoms with van der Waals surface area (Å²) in [5, 5.41) is 3.65. The van der Waals surface area contributed by atoms with Crippen molar-refractivity contribution in [2.45, 2.75) is 40.2 Å². The van der Waals surface area contributed by atoms with Crippen LogP contribution in [0.5, 0.6) is 0 Å². The number of hydrogen-bond acceptors (Lipinski definition) is 1. The summed E-state index contributed by atoms with van der Waals surface area (Å²) < 4.78 is 0. The molecular formula is C17H25N. The van der Waals surface area contributed by atoms with Gasteiger partial charge in [-0.1, -0.05) is 51.1 Å². The first-order valence-electron chi connectivity index (χ1n) is 7.26. The van der Waals surface area contributed by atoms with Crippen LogP contribution in [0.3, 0.4) is 0 Å². The first kappa shape index (κ1) is 12.2. The van der Waals surface area contributed by atoms with Crippen molar-refractivity contribution in [1.82, 2.24) is 5.32 Å². The van der Waals surface area contributed by atoms with Gasteiger partial charge in [0.15, 0.2) is 0 Å². The van der Waals surface area contributed by atoms with Gasteiger partial charge in [-0.3, -0.25) is 0 Å². The lowest BCUT2D eigenvalue weighted by atomic mass is 9.80. The van der Waals surface area contributed by atoms with Crippen molar-refractivity contribution in [3.63, 3.8) is 0 Å². The lowest BCUT2D eigenvalue weighted by molar-refractivity contribution is 0.239. The summed E-state index contributed by atoms with van der Waals surface area (Å²) >= 11 is 0. The topological polar surface area (TPSA) is 12.0 Å². The van der Waals surface area contributed by atoms with Crippen LogP contribution in [-0.4, -0.2) is 6.54 Å². The van der Waals surface area contributed by atoms with Crippen LogP contribution in [0, 0.1) is 22.7 Å². The number of fused-ring (bicyclic) bond motifs is 1. The van der Waals surface area contributed by atoms with Crippen LogP contribution in [0.4, 0.5) is 0 Å². The Balaban J connectivity index is 1.48. The van der Waals surface area contributed by atoms with E-state index in [-0.39, 0.29) is 0 Å². The van der Waals surface area contributed by atoms with Crippen LogP contribution in [0.2, 0.25) is 0 Å². The minimum absolute atomic E-state index is 0.541. The van der Waals surface area contributed by atoms with Gasteiger partial charge in [-0.05, 0) is 41.1 Å². The van der Waals surface area contributed by atoms with Crippen molar-refractivity contribution in [3.8, 4) is 0 Å². The summed E-state index contributed by atoms with van der Waals surface area (Å²) in [6, 6.07) is 10.7. The van der Waals surface area contributed by atoms with Crippen molar-refractivity contribution in [1.29, 1.82) is 0 Å². The molecule has 1 N–H and O–H groups in total. The quantitative estimate of drug-likeness (QED) is 0.847. The van der Waals surface area contributed by atoms with Gasteiger partial charge >= 0.3 is 0 Å². The maximum Gasteiger partial charge on any atom is 0.0205 e. The van der Waals surface area contributed by atoms with Crippen LogP contribution in [0.15, 0.2) is 30.3 Å². The van der Waals surface area contributed by atoms with Gasteiger partial charge in [-0.2, -0.15) is 0 Å². The van der Waals surface area contributed by atoms with Crippen molar-refractivity contribution < 1.29 is 0 Å². The van der Waals surface area contributed by atoms with Crippen molar-refractivity contribution in [3.05, 3.63) is 35.9 Å². The summed E-state index contributed by atoms with van der Waals surface area (Å²) in [6.07, 6.45) is 2.85. The molecule has 0 aliphatic heterocycles. The summed E-state index contributed by atoms with van der Waals surface area (Å²) in [4.78, 5) is 0. The summed E-state index contributed by atoms with van der Waals surface area (Å²) in [6.45, 7) is 9.53. The minimum atomic E-state index is 0.541. The molecule has 1 nitrogen and oxygen atoms in total. The van der Waals surface area contributed by atoms with Crippen LogP contribution in [-0.2, 0) is 6.54 Å². The Morgan fingerprint density at radius 1 is 1.06 bits per heavy atom. The highest BCUT2D eigenvalue weighted by Crippen LogP contribution is 2.71. The average molecular weight is 243 g/mol. The highest BCUT2D eigenvalue weighted by Gasteiger charge is 2.64. The van der Waals surface area contributed by atoms with Gasteiger partial charge in [-0.25, -0.2) is 0 Å². The van der Waals surface area contributed by atoms with Crippen LogP contribution >= 0.6 is 0 Å². The number of hydrogen-bond donors (Lipinski definition) is 1. The van der Waals surface area contributed by atoms with Gasteiger partial charge in [0.25, 0.3) is 0 Å². The van der Waals surface area contributed by atoms with Crippen LogP contribution in [0.1, 0.15) is 39.2 Å². The van der Waals surface area contributed by atoms with E-state index < -0.39 is 0 Å². The molecule has 0 radical (unpaired) electrons. The van der Waals surface area contributed by atoms with Gasteiger partial charge in [-0.15, -0.1) is 0 Å². The molecule has 3 atom stereocenters. The zero-order chi connectivity index (χ0) is 12.8. The van der Waals surface area contributed by atoms with Crippen LogP contribution < -0.4 is 5.32 Å². The van der Waals surface area contributed by atoms with E-state index >= 15 is 0 Å². The number of nitrogens with one attached hydrogen (secondary N) is 1. The third kappa shape index (κ3) is 2.09. The monoisotopic (exact) mass is 243 g/mol. The predicted molar refractivity (Wildman–Crippen MR) is 76.3 cm³/mol. The van der Waals surface area contributed by atoms with E-state index in [1.807, 2.05) is 0 Å². The largest absolute Gasteiger partial charge is 0.312 e. The van der Waals surface area contributed by atoms with E-state index in [0.717, 1.165) is 18.4 Å². The Morgan fingerprint density at radius 3 is 2.28 bits per heavy atom. The molecule has 2 fully saturated rings. The Hall–Kier alpha value is -0.820. The van der Waals surface area contributed by atoms with Crippen molar-refractivity contribution in [2.24, 2.45) is 22.7 Å². The fourth-order valence-corrected chi connectivity index (χ4v) is 4.06. The van der Waals surface area contributed by atoms with Gasteiger partial charge in [0.2, 0.25) is 0 Å². The maximum atomic E-state index is 3.65. The molecule has 1 aromatic rings. The highest BCUT2D eigenvalue weighted by molar-refractivity contribution is 5.15. The Bertz CT molecular complexity index is 406. The predicted octanol–water partition coefficient (Wildman–Crippen LogP) is 3.85. The maximum absolute atomic E-state index is 3.65. The Kier molecular flexibility index (Phi) is 2.78. The summed E-state index contributed by atoms with van der Waals surface area (Å²) in [5.41, 5.74) is 2.59. The zero-order valence-corrected chi connectivity index (χ0v) is 11.9. The number of rotatable bonds is 4. The first-order chi connectivity index (χ1) is 8.51. The molecule has 2 aliphatic carbocycles. The molecular weight excluding hydrogens is 218 g/mol. The normalized spacial score (nSPS) is 36.4. The van der Waals surface area contributed by atoms with E-state index in [0.29, 0.717) is 10.8 Å². The molecule has 3 rings (SSSR count). The smallest absolute Gasteiger partial charge is 0.0205 e. The van der Waals surface area contributed by atoms with Crippen LogP contribution in [0.25, 0.3) is 0 Å². The molecule has 2 aliphatic rings. The van der Waals surface area contributed by atoms with Gasteiger partial charge in [0.1, 0.15) is 0 Å². The minimum Gasteiger partial charge on any atom is -0.312 e. The lowest BCUT2D eigenvalue weighted by Gasteiger charge is -2.29. The molecule has 0 spiro atoms. The van der Waals surface area contributed by atoms with E-state index in [2.05, 4.69) is 56.4 Å². The third-order valence-electron chi connectivity index (χ3n) is 5.44. The molecule has 0 saturated heterocycles. The SMILES string of the molecule is CC1(CNCc2ccccc2)C[C@@H]2[C@H](C1)C2(C)C. The third-order valence-corrected chi connectivity index (χ3v) is 5.44. The van der Waals surface area contributed by atoms with Gasteiger partial charge in [0.05, 0.1) is 0 Å². The lowest BCUT2D eigenvalue weighted by Crippen LogP contribution is -2.31. The van der Waals surface area contributed by atoms with E-state index in [9.17, 15) is 0 Å². The second-order valence-electron chi connectivity index (χ2n) is 7.34. The molecule has 0 aromatic heterocycles. The Morgan fingerprint density at radius 2 is 1.67 bits per heavy atom. The number of benzene rings is 1. The highest BCUT2D eigenvalue weighted by atomic mass is 14.9. The van der Waals surface area contributed by atoms with Gasteiger partial charge in [0, 0.05) is 13.1 Å². The average Bonchev–Trinajstić information content (AvgIpc) is 2.71. The molecule has 0 bridgehead atoms. The zero-order valence-electron chi connectivity index (χ0n) is 11.9. The molecule has 1 unspecified atom stereocenters. The van der Waals surface area contributed by atoms with Gasteiger partial charge < -0.3 is 5.32 Å². The molecule has 1 heteroatoms. The Labute approximate surface area is 111 Å². The van der Waals surface area contributed by atoms with Crippen molar-refractivity contribution >= 4 is 0 Å². The molecule has 98 valence electrons. The first-order valence-corrected chi connectivity index (χ1v) is 7.26. The molecule has 1 aromatic carbocycles. The fraction of sp³-hybridized carbons (Fsp3) is 0.647. The summed E-state index contributed by atoms with van der Waals surface area (Å²) in [7, 11) is 0. The van der Waals surface area contributed by atoms with E-state index in [1.165, 1.54) is 24.9 Å². The molecule has 2 saturated carbocycles. The molecule has 0 amide bonds. The standard InChI is InChI=1S/C17H25N/c1-16(2)14-9-17(3,10-15(14)16)12-18-11-13-7-5-4-6-8-13/h4-8,14-15,18H,9-12H2,1-3H3/t14-,15+,17?.